The van der Waals surface area contributed by atoms with Crippen molar-refractivity contribution in [3.63, 3.8) is 0 Å². The minimum atomic E-state index is -0.706. The van der Waals surface area contributed by atoms with Crippen molar-refractivity contribution in [2.45, 2.75) is 52.2 Å². The van der Waals surface area contributed by atoms with Crippen molar-refractivity contribution >= 4 is 16.8 Å². The maximum Gasteiger partial charge on any atom is 0.332 e. The van der Waals surface area contributed by atoms with Crippen LogP contribution in [0.1, 0.15) is 51.3 Å². The highest BCUT2D eigenvalue weighted by atomic mass is 16.2. The molecule has 0 unspecified atom stereocenters. The largest absolute Gasteiger partial charge is 0.348 e. The Morgan fingerprint density at radius 3 is 2.31 bits per heavy atom. The smallest absolute Gasteiger partial charge is 0.332 e. The van der Waals surface area contributed by atoms with Gasteiger partial charge in [-0.25, -0.2) is 4.79 Å². The summed E-state index contributed by atoms with van der Waals surface area (Å²) in [5, 5.41) is 3.46. The lowest BCUT2D eigenvalue weighted by Gasteiger charge is -2.23. The third-order valence-corrected chi connectivity index (χ3v) is 5.18. The van der Waals surface area contributed by atoms with Gasteiger partial charge < -0.3 is 5.32 Å². The highest BCUT2D eigenvalue weighted by molar-refractivity contribution is 5.84. The Morgan fingerprint density at radius 1 is 1.00 bits per heavy atom. The number of nitrogens with one attached hydrogen (secondary N) is 1. The second-order valence-corrected chi connectivity index (χ2v) is 7.19. The lowest BCUT2D eigenvalue weighted by molar-refractivity contribution is -0.125. The van der Waals surface area contributed by atoms with Gasteiger partial charge in [-0.1, -0.05) is 56.3 Å². The number of para-hydroxylation sites is 1. The van der Waals surface area contributed by atoms with Crippen LogP contribution in [0.15, 0.2) is 64.2 Å². The molecule has 1 heterocycles. The molecule has 0 saturated carbocycles. The van der Waals surface area contributed by atoms with E-state index in [2.05, 4.69) is 5.32 Å². The van der Waals surface area contributed by atoms with Gasteiger partial charge in [0.1, 0.15) is 6.04 Å². The summed E-state index contributed by atoms with van der Waals surface area (Å²) in [7, 11) is 0. The minimum Gasteiger partial charge on any atom is -0.348 e. The van der Waals surface area contributed by atoms with E-state index in [1.165, 1.54) is 9.13 Å². The number of carbonyl (C=O) groups excluding carboxylic acids is 1. The molecule has 0 aliphatic heterocycles. The van der Waals surface area contributed by atoms with Crippen LogP contribution in [-0.2, 0) is 11.3 Å². The summed E-state index contributed by atoms with van der Waals surface area (Å²) < 4.78 is 2.71. The fourth-order valence-corrected chi connectivity index (χ4v) is 3.67. The number of amides is 1. The summed E-state index contributed by atoms with van der Waals surface area (Å²) in [5.41, 5.74) is 0.731. The van der Waals surface area contributed by atoms with Crippen molar-refractivity contribution in [3.05, 3.63) is 81.0 Å². The van der Waals surface area contributed by atoms with E-state index in [1.807, 2.05) is 51.1 Å². The molecule has 0 fully saturated rings. The molecule has 0 aliphatic rings. The van der Waals surface area contributed by atoms with Crippen molar-refractivity contribution in [1.29, 1.82) is 0 Å². The van der Waals surface area contributed by atoms with Gasteiger partial charge in [-0.2, -0.15) is 0 Å². The van der Waals surface area contributed by atoms with E-state index in [0.717, 1.165) is 5.56 Å². The van der Waals surface area contributed by atoms with Crippen molar-refractivity contribution in [3.8, 4) is 0 Å². The van der Waals surface area contributed by atoms with Gasteiger partial charge in [0.15, 0.2) is 0 Å². The third-order valence-electron chi connectivity index (χ3n) is 5.18. The van der Waals surface area contributed by atoms with Gasteiger partial charge in [0.25, 0.3) is 5.56 Å². The molecule has 1 amide bonds. The predicted molar refractivity (Wildman–Crippen MR) is 115 cm³/mol. The van der Waals surface area contributed by atoms with Crippen LogP contribution >= 0.6 is 0 Å². The molecular formula is C23H27N3O3. The average Bonchev–Trinajstić information content (AvgIpc) is 2.74. The highest BCUT2D eigenvalue weighted by Crippen LogP contribution is 2.19. The van der Waals surface area contributed by atoms with E-state index < -0.39 is 11.7 Å². The van der Waals surface area contributed by atoms with Crippen LogP contribution in [-0.4, -0.2) is 15.0 Å². The van der Waals surface area contributed by atoms with E-state index in [4.69, 9.17) is 0 Å². The average molecular weight is 393 g/mol. The molecule has 2 aromatic carbocycles. The van der Waals surface area contributed by atoms with Crippen LogP contribution in [0.3, 0.4) is 0 Å². The van der Waals surface area contributed by atoms with Crippen LogP contribution in [0.25, 0.3) is 10.9 Å². The fourth-order valence-electron chi connectivity index (χ4n) is 3.67. The topological polar surface area (TPSA) is 73.1 Å². The van der Waals surface area contributed by atoms with Crippen molar-refractivity contribution in [2.24, 2.45) is 0 Å². The molecule has 3 rings (SSSR count). The first kappa shape index (κ1) is 20.6. The quantitative estimate of drug-likeness (QED) is 0.669. The molecule has 6 nitrogen and oxygen atoms in total. The first-order valence-electron chi connectivity index (χ1n) is 10.1. The molecule has 0 radical (unpaired) electrons. The zero-order valence-electron chi connectivity index (χ0n) is 17.1. The maximum atomic E-state index is 13.2. The molecule has 152 valence electrons. The van der Waals surface area contributed by atoms with Crippen molar-refractivity contribution < 1.29 is 4.79 Å². The second-order valence-electron chi connectivity index (χ2n) is 7.19. The first-order valence-corrected chi connectivity index (χ1v) is 10.1. The number of hydrogen-bond donors (Lipinski definition) is 1. The van der Waals surface area contributed by atoms with Crippen LogP contribution < -0.4 is 16.6 Å². The zero-order chi connectivity index (χ0) is 21.0. The minimum absolute atomic E-state index is 0.193. The molecule has 0 aliphatic carbocycles. The molecule has 6 heteroatoms. The summed E-state index contributed by atoms with van der Waals surface area (Å²) >= 11 is 0. The molecule has 1 aromatic heterocycles. The Labute approximate surface area is 169 Å². The number of rotatable bonds is 7. The number of carbonyl (C=O) groups is 1. The molecule has 3 aromatic rings. The van der Waals surface area contributed by atoms with E-state index in [9.17, 15) is 14.4 Å². The molecule has 0 spiro atoms. The van der Waals surface area contributed by atoms with Crippen LogP contribution in [0.4, 0.5) is 0 Å². The Balaban J connectivity index is 2.08. The lowest BCUT2D eigenvalue weighted by Crippen LogP contribution is -2.45. The Bertz CT molecular complexity index is 1120. The third kappa shape index (κ3) is 4.01. The van der Waals surface area contributed by atoms with E-state index in [1.54, 1.807) is 24.3 Å². The van der Waals surface area contributed by atoms with Crippen LogP contribution in [0, 0.1) is 0 Å². The standard InChI is InChI=1S/C23H27N3O3/c1-4-15-25-22(28)18-13-9-10-14-20(18)26(23(25)29)19(5-2)21(27)24-16(3)17-11-7-6-8-12-17/h6-14,16,19H,4-5,15H2,1-3H3,(H,24,27)/t16-,19-/m1/s1. The Kier molecular flexibility index (Phi) is 6.32. The zero-order valence-corrected chi connectivity index (χ0v) is 17.1. The van der Waals surface area contributed by atoms with E-state index >= 15 is 0 Å². The number of aromatic nitrogens is 2. The van der Waals surface area contributed by atoms with Gasteiger partial charge in [-0.3, -0.25) is 18.7 Å². The van der Waals surface area contributed by atoms with Gasteiger partial charge in [-0.05, 0) is 37.5 Å². The maximum absolute atomic E-state index is 13.2. The van der Waals surface area contributed by atoms with Gasteiger partial charge in [0.05, 0.1) is 16.9 Å². The van der Waals surface area contributed by atoms with E-state index in [-0.39, 0.29) is 17.5 Å². The molecule has 2 atom stereocenters. The van der Waals surface area contributed by atoms with Gasteiger partial charge in [0.2, 0.25) is 5.91 Å². The number of nitrogens with zero attached hydrogens (tertiary/aromatic N) is 2. The molecule has 1 N–H and O–H groups in total. The first-order chi connectivity index (χ1) is 14.0. The molecular weight excluding hydrogens is 366 g/mol. The van der Waals surface area contributed by atoms with E-state index in [0.29, 0.717) is 30.3 Å². The summed E-state index contributed by atoms with van der Waals surface area (Å²) in [4.78, 5) is 39.1. The van der Waals surface area contributed by atoms with Crippen LogP contribution in [0.5, 0.6) is 0 Å². The number of benzene rings is 2. The summed E-state index contributed by atoms with van der Waals surface area (Å²) in [6, 6.07) is 15.8. The van der Waals surface area contributed by atoms with Crippen molar-refractivity contribution in [1.82, 2.24) is 14.5 Å². The van der Waals surface area contributed by atoms with Crippen molar-refractivity contribution in [2.75, 3.05) is 0 Å². The Morgan fingerprint density at radius 2 is 1.66 bits per heavy atom. The molecule has 29 heavy (non-hydrogen) atoms. The predicted octanol–water partition coefficient (Wildman–Crippen LogP) is 3.40. The lowest BCUT2D eigenvalue weighted by atomic mass is 10.1. The second kappa shape index (κ2) is 8.90. The number of hydrogen-bond acceptors (Lipinski definition) is 3. The fraction of sp³-hybridized carbons (Fsp3) is 0.348. The summed E-state index contributed by atoms with van der Waals surface area (Å²) in [6.07, 6.45) is 1.09. The van der Waals surface area contributed by atoms with Crippen LogP contribution in [0.2, 0.25) is 0 Å². The van der Waals surface area contributed by atoms with Gasteiger partial charge in [0, 0.05) is 6.54 Å². The molecule has 0 bridgehead atoms. The monoisotopic (exact) mass is 393 g/mol. The molecule has 0 saturated heterocycles. The normalized spacial score (nSPS) is 13.2. The van der Waals surface area contributed by atoms with Gasteiger partial charge >= 0.3 is 5.69 Å². The highest BCUT2D eigenvalue weighted by Gasteiger charge is 2.25. The summed E-state index contributed by atoms with van der Waals surface area (Å²) in [6.45, 7) is 6.02. The van der Waals surface area contributed by atoms with Gasteiger partial charge in [-0.15, -0.1) is 0 Å². The summed E-state index contributed by atoms with van der Waals surface area (Å²) in [5.74, 6) is -0.238. The number of fused-ring (bicyclic) bond motifs is 1. The Hall–Kier alpha value is -3.15. The SMILES string of the molecule is CCCn1c(=O)c2ccccc2n([C@H](CC)C(=O)N[C@H](C)c2ccccc2)c1=O.